The lowest BCUT2D eigenvalue weighted by molar-refractivity contribution is 0.903. The topological polar surface area (TPSA) is 73.6 Å². The van der Waals surface area contributed by atoms with Crippen LogP contribution in [0.5, 0.6) is 0 Å². The fraction of sp³-hybridized carbons (Fsp3) is 0.167. The summed E-state index contributed by atoms with van der Waals surface area (Å²) in [6.07, 6.45) is 1.85. The molecule has 1 atom stereocenters. The Bertz CT molecular complexity index is 762. The van der Waals surface area contributed by atoms with Crippen LogP contribution >= 0.6 is 27.3 Å². The summed E-state index contributed by atoms with van der Waals surface area (Å²) in [4.78, 5) is 22.0. The lowest BCUT2D eigenvalue weighted by atomic mass is 10.2. The molecule has 5 nitrogen and oxygen atoms in total. The molecule has 7 heteroatoms. The van der Waals surface area contributed by atoms with Gasteiger partial charge in [-0.25, -0.2) is 4.79 Å². The van der Waals surface area contributed by atoms with Gasteiger partial charge in [0.2, 0.25) is 0 Å². The van der Waals surface area contributed by atoms with Crippen LogP contribution in [-0.2, 0) is 0 Å². The maximum Gasteiger partial charge on any atom is 0.323 e. The fourth-order valence-electron chi connectivity index (χ4n) is 1.91. The molecule has 0 aliphatic heterocycles. The van der Waals surface area contributed by atoms with Gasteiger partial charge in [0.25, 0.3) is 0 Å². The Morgan fingerprint density at radius 2 is 2.11 bits per heavy atom. The molecule has 1 unspecified atom stereocenters. The van der Waals surface area contributed by atoms with Crippen LogP contribution in [0.2, 0.25) is 0 Å². The highest BCUT2D eigenvalue weighted by molar-refractivity contribution is 9.10. The largest absolute Gasteiger partial charge is 0.377 e. The predicted molar refractivity (Wildman–Crippen MR) is 80.8 cm³/mol. The number of fused-ring (bicyclic) bond motifs is 1. The predicted octanol–water partition coefficient (Wildman–Crippen LogP) is 3.25. The molecule has 0 radical (unpaired) electrons. The monoisotopic (exact) mass is 338 g/mol. The van der Waals surface area contributed by atoms with Crippen molar-refractivity contribution in [1.29, 1.82) is 0 Å². The van der Waals surface area contributed by atoms with Gasteiger partial charge >= 0.3 is 5.69 Å². The molecule has 98 valence electrons. The zero-order valence-corrected chi connectivity index (χ0v) is 12.4. The van der Waals surface area contributed by atoms with Gasteiger partial charge in [0, 0.05) is 15.5 Å². The van der Waals surface area contributed by atoms with Crippen molar-refractivity contribution >= 4 is 44.0 Å². The molecule has 0 saturated carbocycles. The third-order valence-corrected chi connectivity index (χ3v) is 4.47. The summed E-state index contributed by atoms with van der Waals surface area (Å²) in [6.45, 7) is 2.07. The van der Waals surface area contributed by atoms with Gasteiger partial charge < -0.3 is 15.3 Å². The first-order valence-corrected chi connectivity index (χ1v) is 7.37. The Labute approximate surface area is 121 Å². The molecule has 19 heavy (non-hydrogen) atoms. The van der Waals surface area contributed by atoms with Crippen LogP contribution in [0.15, 0.2) is 33.1 Å². The molecule has 3 N–H and O–H groups in total. The van der Waals surface area contributed by atoms with Crippen LogP contribution in [0.25, 0.3) is 11.0 Å². The van der Waals surface area contributed by atoms with Crippen molar-refractivity contribution in [3.05, 3.63) is 43.7 Å². The van der Waals surface area contributed by atoms with Crippen LogP contribution in [0, 0.1) is 0 Å². The van der Waals surface area contributed by atoms with E-state index in [0.29, 0.717) is 0 Å². The van der Waals surface area contributed by atoms with E-state index in [0.717, 1.165) is 26.1 Å². The first kappa shape index (κ1) is 12.4. The van der Waals surface area contributed by atoms with Crippen molar-refractivity contribution in [2.24, 2.45) is 0 Å². The zero-order chi connectivity index (χ0) is 13.4. The average molecular weight is 339 g/mol. The second-order valence-corrected chi connectivity index (χ2v) is 6.00. The van der Waals surface area contributed by atoms with Crippen molar-refractivity contribution in [2.45, 2.75) is 13.0 Å². The summed E-state index contributed by atoms with van der Waals surface area (Å²) in [5.41, 5.74) is 4.12. The minimum Gasteiger partial charge on any atom is -0.377 e. The zero-order valence-electron chi connectivity index (χ0n) is 10.0. The van der Waals surface area contributed by atoms with Crippen LogP contribution in [-0.4, -0.2) is 15.0 Å². The van der Waals surface area contributed by atoms with Gasteiger partial charge in [-0.05, 0) is 35.0 Å². The number of anilines is 1. The van der Waals surface area contributed by atoms with E-state index < -0.39 is 0 Å². The minimum atomic E-state index is -0.199. The summed E-state index contributed by atoms with van der Waals surface area (Å²) in [7, 11) is 0. The number of hydrogen-bond donors (Lipinski definition) is 3. The van der Waals surface area contributed by atoms with Crippen molar-refractivity contribution in [2.75, 3.05) is 5.32 Å². The van der Waals surface area contributed by atoms with E-state index in [1.165, 1.54) is 0 Å². The van der Waals surface area contributed by atoms with E-state index in [1.807, 2.05) is 23.8 Å². The van der Waals surface area contributed by atoms with E-state index in [1.54, 1.807) is 11.3 Å². The van der Waals surface area contributed by atoms with Gasteiger partial charge in [-0.1, -0.05) is 0 Å². The highest BCUT2D eigenvalue weighted by Gasteiger charge is 2.10. The molecule has 1 aromatic carbocycles. The molecule has 3 rings (SSSR count). The van der Waals surface area contributed by atoms with Gasteiger partial charge in [-0.2, -0.15) is 0 Å². The minimum absolute atomic E-state index is 0.159. The quantitative estimate of drug-likeness (QED) is 0.686. The number of aromatic nitrogens is 3. The Hall–Kier alpha value is -1.60. The molecule has 0 spiro atoms. The molecule has 0 amide bonds. The van der Waals surface area contributed by atoms with Crippen molar-refractivity contribution < 1.29 is 0 Å². The smallest absolute Gasteiger partial charge is 0.323 e. The molecule has 0 aliphatic carbocycles. The molecular weight excluding hydrogens is 328 g/mol. The van der Waals surface area contributed by atoms with E-state index in [4.69, 9.17) is 0 Å². The molecule has 0 fully saturated rings. The van der Waals surface area contributed by atoms with E-state index >= 15 is 0 Å². The first-order valence-electron chi connectivity index (χ1n) is 5.70. The van der Waals surface area contributed by atoms with Gasteiger partial charge in [-0.3, -0.25) is 4.98 Å². The number of hydrogen-bond acceptors (Lipinski definition) is 4. The number of halogens is 1. The first-order chi connectivity index (χ1) is 9.13. The fourth-order valence-corrected chi connectivity index (χ4v) is 3.00. The molecular formula is C12H11BrN4OS. The number of imidazole rings is 1. The SMILES string of the molecule is CC(Nc1cc2[nH]c(=O)[nH]c2cc1Br)c1cncs1. The van der Waals surface area contributed by atoms with Crippen LogP contribution < -0.4 is 11.0 Å². The highest BCUT2D eigenvalue weighted by atomic mass is 79.9. The third-order valence-electron chi connectivity index (χ3n) is 2.85. The van der Waals surface area contributed by atoms with Crippen molar-refractivity contribution in [1.82, 2.24) is 15.0 Å². The highest BCUT2D eigenvalue weighted by Crippen LogP contribution is 2.30. The number of nitrogens with one attached hydrogen (secondary N) is 3. The summed E-state index contributed by atoms with van der Waals surface area (Å²) in [5.74, 6) is 0. The normalized spacial score (nSPS) is 12.7. The number of nitrogens with zero attached hydrogens (tertiary/aromatic N) is 1. The summed E-state index contributed by atoms with van der Waals surface area (Å²) in [6, 6.07) is 3.95. The van der Waals surface area contributed by atoms with E-state index in [9.17, 15) is 4.79 Å². The second-order valence-electron chi connectivity index (χ2n) is 4.23. The van der Waals surface area contributed by atoms with Crippen LogP contribution in [0.4, 0.5) is 5.69 Å². The Morgan fingerprint density at radius 1 is 1.37 bits per heavy atom. The summed E-state index contributed by atoms with van der Waals surface area (Å²) >= 11 is 5.12. The number of aromatic amines is 2. The van der Waals surface area contributed by atoms with Gasteiger partial charge in [0.1, 0.15) is 0 Å². The number of rotatable bonds is 3. The number of benzene rings is 1. The van der Waals surface area contributed by atoms with Crippen LogP contribution in [0.1, 0.15) is 17.8 Å². The molecule has 0 saturated heterocycles. The molecule has 2 aromatic heterocycles. The molecule has 2 heterocycles. The maximum absolute atomic E-state index is 11.3. The van der Waals surface area contributed by atoms with Gasteiger partial charge in [0.15, 0.2) is 0 Å². The Balaban J connectivity index is 1.96. The van der Waals surface area contributed by atoms with Gasteiger partial charge in [0.05, 0.1) is 28.3 Å². The lowest BCUT2D eigenvalue weighted by Gasteiger charge is -2.14. The molecule has 0 aliphatic rings. The molecule has 0 bridgehead atoms. The summed E-state index contributed by atoms with van der Waals surface area (Å²) < 4.78 is 0.909. The number of thiazole rings is 1. The van der Waals surface area contributed by atoms with E-state index in [-0.39, 0.29) is 11.7 Å². The summed E-state index contributed by atoms with van der Waals surface area (Å²) in [5, 5.41) is 3.40. The Kier molecular flexibility index (Phi) is 3.16. The van der Waals surface area contributed by atoms with E-state index in [2.05, 4.69) is 43.1 Å². The second kappa shape index (κ2) is 4.82. The van der Waals surface area contributed by atoms with Gasteiger partial charge in [-0.15, -0.1) is 11.3 Å². The Morgan fingerprint density at radius 3 is 2.79 bits per heavy atom. The van der Waals surface area contributed by atoms with Crippen molar-refractivity contribution in [3.8, 4) is 0 Å². The third kappa shape index (κ3) is 2.43. The van der Waals surface area contributed by atoms with Crippen molar-refractivity contribution in [3.63, 3.8) is 0 Å². The number of H-pyrrole nitrogens is 2. The lowest BCUT2D eigenvalue weighted by Crippen LogP contribution is -2.05. The van der Waals surface area contributed by atoms with Crippen LogP contribution in [0.3, 0.4) is 0 Å². The maximum atomic E-state index is 11.3. The standard InChI is InChI=1S/C12H11BrN4OS/c1-6(11-4-14-5-19-11)15-8-3-10-9(2-7(8)13)16-12(18)17-10/h2-6,15H,1H3,(H2,16,17,18). The molecule has 3 aromatic rings. The average Bonchev–Trinajstić information content (AvgIpc) is 2.97.